The van der Waals surface area contributed by atoms with Crippen LogP contribution >= 0.6 is 11.8 Å². The fourth-order valence-electron chi connectivity index (χ4n) is 3.77. The van der Waals surface area contributed by atoms with E-state index in [-0.39, 0.29) is 22.7 Å². The minimum absolute atomic E-state index is 0.00364. The third kappa shape index (κ3) is 2.90. The molecule has 7 heteroatoms. The van der Waals surface area contributed by atoms with Crippen LogP contribution in [0.25, 0.3) is 5.69 Å². The number of aromatic nitrogens is 2. The molecule has 2 atom stereocenters. The molecule has 2 aromatic rings. The molecule has 2 aliphatic rings. The van der Waals surface area contributed by atoms with E-state index >= 15 is 0 Å². The second kappa shape index (κ2) is 6.46. The molecule has 0 aliphatic carbocycles. The number of hydrogen-bond donors (Lipinski definition) is 0. The zero-order valence-corrected chi connectivity index (χ0v) is 15.8. The smallest absolute Gasteiger partial charge is 0.246 e. The number of para-hydroxylation sites is 1. The molecule has 0 radical (unpaired) electrons. The summed E-state index contributed by atoms with van der Waals surface area (Å²) in [7, 11) is 1.79. The van der Waals surface area contributed by atoms with Gasteiger partial charge < -0.3 is 9.80 Å². The predicted molar refractivity (Wildman–Crippen MR) is 101 cm³/mol. The van der Waals surface area contributed by atoms with Crippen molar-refractivity contribution in [3.8, 4) is 5.69 Å². The topological polar surface area (TPSA) is 58.4 Å². The molecule has 3 heterocycles. The Morgan fingerprint density at radius 2 is 2.15 bits per heavy atom. The van der Waals surface area contributed by atoms with Crippen molar-refractivity contribution in [3.63, 3.8) is 0 Å². The molecule has 2 aliphatic heterocycles. The number of fused-ring (bicyclic) bond motifs is 1. The Balaban J connectivity index is 1.45. The lowest BCUT2D eigenvalue weighted by atomic mass is 10.2. The molecule has 136 valence electrons. The molecule has 1 aromatic heterocycles. The average Bonchev–Trinajstić information content (AvgIpc) is 3.31. The van der Waals surface area contributed by atoms with Gasteiger partial charge in [0.2, 0.25) is 11.8 Å². The normalized spacial score (nSPS) is 24.8. The number of amides is 2. The third-order valence-corrected chi connectivity index (χ3v) is 6.69. The summed E-state index contributed by atoms with van der Waals surface area (Å²) in [6.45, 7) is 2.55. The number of likely N-dealkylation sites (N-methyl/N-ethyl adjacent to an activating group) is 1. The van der Waals surface area contributed by atoms with Gasteiger partial charge in [-0.3, -0.25) is 9.59 Å². The summed E-state index contributed by atoms with van der Waals surface area (Å²) >= 11 is 1.72. The quantitative estimate of drug-likeness (QED) is 0.829. The van der Waals surface area contributed by atoms with Crippen molar-refractivity contribution in [1.82, 2.24) is 19.6 Å². The number of thioether (sulfide) groups is 1. The summed E-state index contributed by atoms with van der Waals surface area (Å²) in [5, 5.41) is 4.38. The Morgan fingerprint density at radius 3 is 2.92 bits per heavy atom. The Morgan fingerprint density at radius 1 is 1.38 bits per heavy atom. The first kappa shape index (κ1) is 17.1. The van der Waals surface area contributed by atoms with Gasteiger partial charge in [0.15, 0.2) is 0 Å². The first-order valence-electron chi connectivity index (χ1n) is 8.78. The lowest BCUT2D eigenvalue weighted by Gasteiger charge is -2.31. The van der Waals surface area contributed by atoms with Crippen LogP contribution in [0.15, 0.2) is 42.7 Å². The summed E-state index contributed by atoms with van der Waals surface area (Å²) in [5.74, 6) is 0.777. The van der Waals surface area contributed by atoms with Gasteiger partial charge in [-0.15, -0.1) is 11.8 Å². The number of carbonyl (C=O) groups excluding carboxylic acids is 2. The fourth-order valence-corrected chi connectivity index (χ4v) is 5.20. The number of rotatable bonds is 4. The van der Waals surface area contributed by atoms with Crippen molar-refractivity contribution in [2.24, 2.45) is 0 Å². The fraction of sp³-hybridized carbons (Fsp3) is 0.421. The van der Waals surface area contributed by atoms with Crippen molar-refractivity contribution in [3.05, 3.63) is 48.3 Å². The average molecular weight is 370 g/mol. The molecule has 0 spiro atoms. The second-order valence-electron chi connectivity index (χ2n) is 7.09. The van der Waals surface area contributed by atoms with E-state index < -0.39 is 0 Å². The summed E-state index contributed by atoms with van der Waals surface area (Å²) < 4.78 is 1.81. The monoisotopic (exact) mass is 370 g/mol. The summed E-state index contributed by atoms with van der Waals surface area (Å²) in [6, 6.07) is 9.52. The van der Waals surface area contributed by atoms with Crippen LogP contribution in [-0.4, -0.2) is 55.1 Å². The molecule has 0 saturated carbocycles. The Bertz CT molecular complexity index is 837. The molecular weight excluding hydrogens is 348 g/mol. The van der Waals surface area contributed by atoms with Crippen molar-refractivity contribution < 1.29 is 9.59 Å². The van der Waals surface area contributed by atoms with Crippen LogP contribution < -0.4 is 0 Å². The van der Waals surface area contributed by atoms with Crippen molar-refractivity contribution in [1.29, 1.82) is 0 Å². The predicted octanol–water partition coefficient (Wildman–Crippen LogP) is 2.28. The maximum absolute atomic E-state index is 12.9. The van der Waals surface area contributed by atoms with Gasteiger partial charge in [0.1, 0.15) is 6.04 Å². The van der Waals surface area contributed by atoms with Crippen molar-refractivity contribution in [2.75, 3.05) is 12.8 Å². The van der Waals surface area contributed by atoms with E-state index in [0.29, 0.717) is 18.7 Å². The highest BCUT2D eigenvalue weighted by Gasteiger charge is 2.53. The molecule has 0 N–H and O–H groups in total. The SMILES string of the molecule is CN(Cc1cnn(-c2ccccc2)c1)C(=O)C1CSC2(C)CCC(=O)N12. The Labute approximate surface area is 157 Å². The second-order valence-corrected chi connectivity index (χ2v) is 8.59. The van der Waals surface area contributed by atoms with Crippen molar-refractivity contribution >= 4 is 23.6 Å². The summed E-state index contributed by atoms with van der Waals surface area (Å²) in [6.07, 6.45) is 5.09. The van der Waals surface area contributed by atoms with E-state index in [4.69, 9.17) is 0 Å². The first-order valence-corrected chi connectivity index (χ1v) is 9.76. The zero-order chi connectivity index (χ0) is 18.3. The summed E-state index contributed by atoms with van der Waals surface area (Å²) in [5.41, 5.74) is 1.95. The van der Waals surface area contributed by atoms with Crippen LogP contribution in [0.1, 0.15) is 25.3 Å². The van der Waals surface area contributed by atoms with E-state index in [1.165, 1.54) is 0 Å². The van der Waals surface area contributed by atoms with Gasteiger partial charge in [-0.2, -0.15) is 5.10 Å². The van der Waals surface area contributed by atoms with E-state index in [2.05, 4.69) is 12.0 Å². The molecule has 26 heavy (non-hydrogen) atoms. The van der Waals surface area contributed by atoms with Gasteiger partial charge in [-0.25, -0.2) is 4.68 Å². The molecule has 6 nitrogen and oxygen atoms in total. The molecule has 2 fully saturated rings. The van der Waals surface area contributed by atoms with Crippen LogP contribution in [0.5, 0.6) is 0 Å². The molecular formula is C19H22N4O2S. The standard InChI is InChI=1S/C19H22N4O2S/c1-19-9-8-17(24)23(19)16(13-26-19)18(25)21(2)11-14-10-20-22(12-14)15-6-4-3-5-7-15/h3-7,10,12,16H,8-9,11,13H2,1-2H3. The lowest BCUT2D eigenvalue weighted by molar-refractivity contribution is -0.143. The summed E-state index contributed by atoms with van der Waals surface area (Å²) in [4.78, 5) is 28.5. The molecule has 2 unspecified atom stereocenters. The van der Waals surface area contributed by atoms with Gasteiger partial charge in [0, 0.05) is 37.5 Å². The van der Waals surface area contributed by atoms with E-state index in [9.17, 15) is 9.59 Å². The number of nitrogens with zero attached hydrogens (tertiary/aromatic N) is 4. The number of benzene rings is 1. The van der Waals surface area contributed by atoms with Crippen LogP contribution in [0.2, 0.25) is 0 Å². The van der Waals surface area contributed by atoms with Gasteiger partial charge in [-0.1, -0.05) is 18.2 Å². The van der Waals surface area contributed by atoms with E-state index in [1.54, 1.807) is 34.6 Å². The minimum atomic E-state index is -0.353. The van der Waals surface area contributed by atoms with E-state index in [1.807, 2.05) is 41.4 Å². The van der Waals surface area contributed by atoms with Crippen LogP contribution in [0.3, 0.4) is 0 Å². The van der Waals surface area contributed by atoms with Crippen LogP contribution in [-0.2, 0) is 16.1 Å². The lowest BCUT2D eigenvalue weighted by Crippen LogP contribution is -2.50. The number of carbonyl (C=O) groups is 2. The highest BCUT2D eigenvalue weighted by Crippen LogP contribution is 2.47. The molecule has 0 bridgehead atoms. The largest absolute Gasteiger partial charge is 0.339 e. The Kier molecular flexibility index (Phi) is 4.26. The molecule has 2 amide bonds. The molecule has 1 aromatic carbocycles. The van der Waals surface area contributed by atoms with E-state index in [0.717, 1.165) is 17.7 Å². The Hall–Kier alpha value is -2.28. The van der Waals surface area contributed by atoms with Gasteiger partial charge in [0.25, 0.3) is 0 Å². The first-order chi connectivity index (χ1) is 12.5. The maximum atomic E-state index is 12.9. The zero-order valence-electron chi connectivity index (χ0n) is 15.0. The van der Waals surface area contributed by atoms with Crippen LogP contribution in [0.4, 0.5) is 0 Å². The number of hydrogen-bond acceptors (Lipinski definition) is 4. The third-order valence-electron chi connectivity index (χ3n) is 5.18. The maximum Gasteiger partial charge on any atom is 0.246 e. The highest BCUT2D eigenvalue weighted by atomic mass is 32.2. The van der Waals surface area contributed by atoms with Gasteiger partial charge in [0.05, 0.1) is 16.8 Å². The van der Waals surface area contributed by atoms with Crippen LogP contribution in [0, 0.1) is 0 Å². The minimum Gasteiger partial charge on any atom is -0.339 e. The van der Waals surface area contributed by atoms with Gasteiger partial charge in [-0.05, 0) is 25.5 Å². The van der Waals surface area contributed by atoms with Gasteiger partial charge >= 0.3 is 0 Å². The highest BCUT2D eigenvalue weighted by molar-refractivity contribution is 8.01. The molecule has 4 rings (SSSR count). The van der Waals surface area contributed by atoms with Crippen molar-refractivity contribution in [2.45, 2.75) is 37.2 Å². The molecule has 2 saturated heterocycles.